The molecule has 0 saturated carbocycles. The number of benzene rings is 1. The van der Waals surface area contributed by atoms with E-state index in [0.717, 1.165) is 35.5 Å². The third kappa shape index (κ3) is 3.08. The smallest absolute Gasteiger partial charge is 0.273 e. The molecule has 7 nitrogen and oxygen atoms in total. The van der Waals surface area contributed by atoms with Crippen LogP contribution in [-0.4, -0.2) is 66.0 Å². The Morgan fingerprint density at radius 2 is 1.92 bits per heavy atom. The second-order valence-electron chi connectivity index (χ2n) is 6.45. The maximum Gasteiger partial charge on any atom is 0.273 e. The molecule has 0 bridgehead atoms. The van der Waals surface area contributed by atoms with E-state index in [1.807, 2.05) is 30.0 Å². The fourth-order valence-corrected chi connectivity index (χ4v) is 3.76. The van der Waals surface area contributed by atoms with Crippen molar-refractivity contribution < 1.29 is 4.79 Å². The van der Waals surface area contributed by atoms with E-state index in [-0.39, 0.29) is 5.91 Å². The van der Waals surface area contributed by atoms with Gasteiger partial charge in [-0.25, -0.2) is 15.0 Å². The van der Waals surface area contributed by atoms with E-state index in [4.69, 9.17) is 0 Å². The molecule has 1 aliphatic heterocycles. The minimum atomic E-state index is 0.0210. The van der Waals surface area contributed by atoms with Gasteiger partial charge in [0.25, 0.3) is 5.91 Å². The fourth-order valence-electron chi connectivity index (χ4n) is 3.23. The van der Waals surface area contributed by atoms with Gasteiger partial charge in [-0.1, -0.05) is 0 Å². The highest BCUT2D eigenvalue weighted by molar-refractivity contribution is 7.07. The lowest BCUT2D eigenvalue weighted by Gasteiger charge is -2.36. The Hall–Kier alpha value is -2.74. The maximum absolute atomic E-state index is 12.4. The molecule has 1 aliphatic rings. The molecule has 3 heterocycles. The molecule has 0 spiro atoms. The van der Waals surface area contributed by atoms with Crippen molar-refractivity contribution in [3.05, 3.63) is 41.1 Å². The van der Waals surface area contributed by atoms with Gasteiger partial charge in [-0.2, -0.15) is 0 Å². The molecule has 0 atom stereocenters. The van der Waals surface area contributed by atoms with E-state index in [1.165, 1.54) is 11.3 Å². The summed E-state index contributed by atoms with van der Waals surface area (Å²) in [5, 5.41) is 2.84. The van der Waals surface area contributed by atoms with Gasteiger partial charge in [0.1, 0.15) is 17.8 Å². The highest BCUT2D eigenvalue weighted by Crippen LogP contribution is 2.27. The van der Waals surface area contributed by atoms with Crippen molar-refractivity contribution in [1.82, 2.24) is 19.9 Å². The maximum atomic E-state index is 12.4. The zero-order chi connectivity index (χ0) is 18.1. The highest BCUT2D eigenvalue weighted by Gasteiger charge is 2.23. The van der Waals surface area contributed by atoms with Crippen molar-refractivity contribution in [2.24, 2.45) is 0 Å². The number of fused-ring (bicyclic) bond motifs is 1. The lowest BCUT2D eigenvalue weighted by atomic mass is 10.1. The molecule has 0 radical (unpaired) electrons. The van der Waals surface area contributed by atoms with E-state index in [2.05, 4.69) is 32.0 Å². The van der Waals surface area contributed by atoms with Crippen LogP contribution in [0, 0.1) is 0 Å². The number of rotatable bonds is 3. The number of carbonyl (C=O) groups excluding carboxylic acids is 1. The van der Waals surface area contributed by atoms with Gasteiger partial charge < -0.3 is 14.7 Å². The van der Waals surface area contributed by atoms with Crippen LogP contribution >= 0.6 is 11.3 Å². The molecule has 2 aromatic heterocycles. The number of nitrogens with zero attached hydrogens (tertiary/aromatic N) is 6. The molecule has 1 aromatic carbocycles. The van der Waals surface area contributed by atoms with E-state index < -0.39 is 0 Å². The van der Waals surface area contributed by atoms with Gasteiger partial charge in [0.2, 0.25) is 0 Å². The Kier molecular flexibility index (Phi) is 4.42. The van der Waals surface area contributed by atoms with Crippen molar-refractivity contribution in [3.63, 3.8) is 0 Å². The molecule has 0 N–H and O–H groups in total. The third-order valence-electron chi connectivity index (χ3n) is 4.60. The number of carbonyl (C=O) groups is 1. The molecule has 8 heteroatoms. The second kappa shape index (κ2) is 6.87. The standard InChI is InChI=1S/C18H20N6OS/c1-22(2)17-14-9-13(3-4-15(14)19-11-20-17)23-5-7-24(8-6-23)18(25)16-10-26-12-21-16/h3-4,9-12H,5-8H2,1-2H3. The van der Waals surface area contributed by atoms with Gasteiger partial charge >= 0.3 is 0 Å². The minimum absolute atomic E-state index is 0.0210. The molecule has 0 aliphatic carbocycles. The van der Waals surface area contributed by atoms with Crippen molar-refractivity contribution in [2.45, 2.75) is 0 Å². The van der Waals surface area contributed by atoms with Crippen molar-refractivity contribution >= 4 is 39.7 Å². The number of piperazine rings is 1. The van der Waals surface area contributed by atoms with E-state index in [1.54, 1.807) is 17.2 Å². The fraction of sp³-hybridized carbons (Fsp3) is 0.333. The number of hydrogen-bond donors (Lipinski definition) is 0. The number of aromatic nitrogens is 3. The summed E-state index contributed by atoms with van der Waals surface area (Å²) in [6, 6.07) is 6.27. The summed E-state index contributed by atoms with van der Waals surface area (Å²) >= 11 is 1.45. The SMILES string of the molecule is CN(C)c1ncnc2ccc(N3CCN(C(=O)c4cscn4)CC3)cc12. The van der Waals surface area contributed by atoms with Crippen LogP contribution in [-0.2, 0) is 0 Å². The van der Waals surface area contributed by atoms with Gasteiger partial charge in [0.15, 0.2) is 0 Å². The lowest BCUT2D eigenvalue weighted by Crippen LogP contribution is -2.48. The molecule has 3 aromatic rings. The van der Waals surface area contributed by atoms with Crippen molar-refractivity contribution in [2.75, 3.05) is 50.1 Å². The number of anilines is 2. The highest BCUT2D eigenvalue weighted by atomic mass is 32.1. The normalized spacial score (nSPS) is 14.7. The Balaban J connectivity index is 1.52. The first-order chi connectivity index (χ1) is 12.6. The predicted molar refractivity (Wildman–Crippen MR) is 104 cm³/mol. The quantitative estimate of drug-likeness (QED) is 0.706. The van der Waals surface area contributed by atoms with Gasteiger partial charge in [-0.05, 0) is 18.2 Å². The molecule has 1 fully saturated rings. The van der Waals surface area contributed by atoms with Gasteiger partial charge in [0.05, 0.1) is 11.0 Å². The zero-order valence-corrected chi connectivity index (χ0v) is 15.6. The number of hydrogen-bond acceptors (Lipinski definition) is 7. The minimum Gasteiger partial charge on any atom is -0.368 e. The number of amides is 1. The van der Waals surface area contributed by atoms with Crippen LogP contribution in [0.1, 0.15) is 10.5 Å². The van der Waals surface area contributed by atoms with Crippen LogP contribution in [0.15, 0.2) is 35.4 Å². The molecule has 0 unspecified atom stereocenters. The average Bonchev–Trinajstić information content (AvgIpc) is 3.21. The first kappa shape index (κ1) is 16.7. The molecule has 1 saturated heterocycles. The Morgan fingerprint density at radius 3 is 2.62 bits per heavy atom. The molecule has 26 heavy (non-hydrogen) atoms. The first-order valence-corrected chi connectivity index (χ1v) is 9.42. The molecule has 1 amide bonds. The lowest BCUT2D eigenvalue weighted by molar-refractivity contribution is 0.0741. The summed E-state index contributed by atoms with van der Waals surface area (Å²) in [5.74, 6) is 0.932. The second-order valence-corrected chi connectivity index (χ2v) is 7.16. The van der Waals surface area contributed by atoms with E-state index in [9.17, 15) is 4.79 Å². The van der Waals surface area contributed by atoms with Crippen LogP contribution in [0.4, 0.5) is 11.5 Å². The summed E-state index contributed by atoms with van der Waals surface area (Å²) in [7, 11) is 3.97. The topological polar surface area (TPSA) is 65.5 Å². The van der Waals surface area contributed by atoms with Crippen LogP contribution in [0.3, 0.4) is 0 Å². The van der Waals surface area contributed by atoms with Crippen LogP contribution in [0.2, 0.25) is 0 Å². The Morgan fingerprint density at radius 1 is 1.12 bits per heavy atom. The summed E-state index contributed by atoms with van der Waals surface area (Å²) < 4.78 is 0. The summed E-state index contributed by atoms with van der Waals surface area (Å²) in [6.07, 6.45) is 1.60. The molecular formula is C18H20N6OS. The van der Waals surface area contributed by atoms with Gasteiger partial charge in [0, 0.05) is 56.7 Å². The van der Waals surface area contributed by atoms with E-state index >= 15 is 0 Å². The van der Waals surface area contributed by atoms with Gasteiger partial charge in [-0.15, -0.1) is 11.3 Å². The molecule has 134 valence electrons. The average molecular weight is 368 g/mol. The van der Waals surface area contributed by atoms with Gasteiger partial charge in [-0.3, -0.25) is 4.79 Å². The molecular weight excluding hydrogens is 348 g/mol. The van der Waals surface area contributed by atoms with Crippen LogP contribution in [0.25, 0.3) is 10.9 Å². The summed E-state index contributed by atoms with van der Waals surface area (Å²) in [6.45, 7) is 2.99. The first-order valence-electron chi connectivity index (χ1n) is 8.48. The Bertz CT molecular complexity index is 919. The molecule has 4 rings (SSSR count). The van der Waals surface area contributed by atoms with Crippen molar-refractivity contribution in [1.29, 1.82) is 0 Å². The van der Waals surface area contributed by atoms with E-state index in [0.29, 0.717) is 18.8 Å². The summed E-state index contributed by atoms with van der Waals surface area (Å²) in [5.41, 5.74) is 4.31. The predicted octanol–water partition coefficient (Wildman–Crippen LogP) is 2.11. The third-order valence-corrected chi connectivity index (χ3v) is 5.19. The largest absolute Gasteiger partial charge is 0.368 e. The monoisotopic (exact) mass is 368 g/mol. The summed E-state index contributed by atoms with van der Waals surface area (Å²) in [4.78, 5) is 31.5. The van der Waals surface area contributed by atoms with Crippen LogP contribution in [0.5, 0.6) is 0 Å². The zero-order valence-electron chi connectivity index (χ0n) is 14.8. The van der Waals surface area contributed by atoms with Crippen LogP contribution < -0.4 is 9.80 Å². The van der Waals surface area contributed by atoms with Crippen molar-refractivity contribution in [3.8, 4) is 0 Å². The Labute approximate surface area is 155 Å². The number of thiazole rings is 1.